The molecule has 0 saturated carbocycles. The maximum atomic E-state index is 13.2. The summed E-state index contributed by atoms with van der Waals surface area (Å²) in [6, 6.07) is 16.6. The third-order valence-electron chi connectivity index (χ3n) is 5.88. The van der Waals surface area contributed by atoms with Crippen LogP contribution in [0.3, 0.4) is 0 Å². The fraction of sp³-hybridized carbons (Fsp3) is 0.400. The van der Waals surface area contributed by atoms with E-state index in [9.17, 15) is 4.79 Å². The Balaban J connectivity index is 1.37. The lowest BCUT2D eigenvalue weighted by Gasteiger charge is -2.34. The van der Waals surface area contributed by atoms with E-state index >= 15 is 0 Å². The lowest BCUT2D eigenvalue weighted by Crippen LogP contribution is -2.48. The minimum atomic E-state index is 0.128. The van der Waals surface area contributed by atoms with E-state index in [1.165, 1.54) is 11.1 Å². The Morgan fingerprint density at radius 1 is 1.03 bits per heavy atom. The number of rotatable bonds is 5. The summed E-state index contributed by atoms with van der Waals surface area (Å²) in [5, 5.41) is 1.16. The highest BCUT2D eigenvalue weighted by atomic mass is 16.5. The summed E-state index contributed by atoms with van der Waals surface area (Å²) in [7, 11) is 1.98. The molecule has 1 aliphatic rings. The molecule has 158 valence electrons. The number of amides is 1. The third-order valence-corrected chi connectivity index (χ3v) is 5.88. The number of aromatic nitrogens is 1. The Morgan fingerprint density at radius 2 is 1.73 bits per heavy atom. The van der Waals surface area contributed by atoms with E-state index < -0.39 is 0 Å². The van der Waals surface area contributed by atoms with Crippen LogP contribution in [0.25, 0.3) is 10.9 Å². The number of benzene rings is 2. The molecule has 0 spiro atoms. The van der Waals surface area contributed by atoms with Gasteiger partial charge in [-0.25, -0.2) is 0 Å². The second-order valence-electron chi connectivity index (χ2n) is 8.48. The van der Waals surface area contributed by atoms with Crippen LogP contribution >= 0.6 is 0 Å². The summed E-state index contributed by atoms with van der Waals surface area (Å²) in [5.74, 6) is 1.04. The average molecular weight is 406 g/mol. The lowest BCUT2D eigenvalue weighted by atomic mass is 10.1. The molecule has 1 aliphatic heterocycles. The van der Waals surface area contributed by atoms with Crippen molar-refractivity contribution in [2.75, 3.05) is 26.2 Å². The fourth-order valence-corrected chi connectivity index (χ4v) is 4.19. The first-order valence-corrected chi connectivity index (χ1v) is 10.7. The molecule has 2 aromatic carbocycles. The highest BCUT2D eigenvalue weighted by Crippen LogP contribution is 2.23. The van der Waals surface area contributed by atoms with E-state index in [4.69, 9.17) is 4.74 Å². The number of fused-ring (bicyclic) bond motifs is 1. The summed E-state index contributed by atoms with van der Waals surface area (Å²) in [4.78, 5) is 17.6. The van der Waals surface area contributed by atoms with Gasteiger partial charge in [0.05, 0.1) is 6.10 Å². The van der Waals surface area contributed by atoms with Gasteiger partial charge >= 0.3 is 0 Å². The SMILES string of the molecule is Cc1cccc2c1cc(C(=O)N1CCN(Cc3ccc(OC(C)C)cc3)CC1)n2C. The smallest absolute Gasteiger partial charge is 0.270 e. The predicted molar refractivity (Wildman–Crippen MR) is 121 cm³/mol. The van der Waals surface area contributed by atoms with Crippen LogP contribution in [0.2, 0.25) is 0 Å². The van der Waals surface area contributed by atoms with E-state index in [0.29, 0.717) is 0 Å². The second kappa shape index (κ2) is 8.52. The molecule has 5 nitrogen and oxygen atoms in total. The topological polar surface area (TPSA) is 37.7 Å². The Labute approximate surface area is 178 Å². The number of ether oxygens (including phenoxy) is 1. The van der Waals surface area contributed by atoms with E-state index in [2.05, 4.69) is 36.1 Å². The van der Waals surface area contributed by atoms with E-state index in [1.54, 1.807) is 0 Å². The first-order valence-electron chi connectivity index (χ1n) is 10.7. The molecule has 0 aliphatic carbocycles. The van der Waals surface area contributed by atoms with Crippen LogP contribution < -0.4 is 4.74 Å². The maximum Gasteiger partial charge on any atom is 0.270 e. The van der Waals surface area contributed by atoms with Gasteiger partial charge < -0.3 is 14.2 Å². The highest BCUT2D eigenvalue weighted by Gasteiger charge is 2.24. The largest absolute Gasteiger partial charge is 0.491 e. The van der Waals surface area contributed by atoms with E-state index in [-0.39, 0.29) is 12.0 Å². The van der Waals surface area contributed by atoms with Gasteiger partial charge in [0.2, 0.25) is 0 Å². The number of hydrogen-bond donors (Lipinski definition) is 0. The number of carbonyl (C=O) groups excluding carboxylic acids is 1. The minimum absolute atomic E-state index is 0.128. The number of piperazine rings is 1. The lowest BCUT2D eigenvalue weighted by molar-refractivity contribution is 0.0619. The van der Waals surface area contributed by atoms with E-state index in [0.717, 1.165) is 55.1 Å². The monoisotopic (exact) mass is 405 g/mol. The molecule has 1 aromatic heterocycles. The van der Waals surface area contributed by atoms with Crippen molar-refractivity contribution in [3.05, 3.63) is 65.4 Å². The van der Waals surface area contributed by atoms with Gasteiger partial charge in [0, 0.05) is 50.7 Å². The zero-order valence-electron chi connectivity index (χ0n) is 18.4. The molecule has 1 saturated heterocycles. The predicted octanol–water partition coefficient (Wildman–Crippen LogP) is 4.23. The molecule has 30 heavy (non-hydrogen) atoms. The van der Waals surface area contributed by atoms with Gasteiger partial charge in [-0.1, -0.05) is 24.3 Å². The molecular weight excluding hydrogens is 374 g/mol. The summed E-state index contributed by atoms with van der Waals surface area (Å²) in [5.41, 5.74) is 4.36. The number of aryl methyl sites for hydroxylation is 2. The molecule has 1 amide bonds. The highest BCUT2D eigenvalue weighted by molar-refractivity contribution is 5.99. The van der Waals surface area contributed by atoms with Crippen LogP contribution in [0.15, 0.2) is 48.5 Å². The van der Waals surface area contributed by atoms with Crippen molar-refractivity contribution in [2.24, 2.45) is 7.05 Å². The number of nitrogens with zero attached hydrogens (tertiary/aromatic N) is 3. The van der Waals surface area contributed by atoms with Gasteiger partial charge in [-0.15, -0.1) is 0 Å². The van der Waals surface area contributed by atoms with Crippen molar-refractivity contribution < 1.29 is 9.53 Å². The maximum absolute atomic E-state index is 13.2. The van der Waals surface area contributed by atoms with Crippen LogP contribution in [0.5, 0.6) is 5.75 Å². The normalized spacial score (nSPS) is 15.2. The second-order valence-corrected chi connectivity index (χ2v) is 8.48. The van der Waals surface area contributed by atoms with Gasteiger partial charge in [-0.05, 0) is 56.2 Å². The zero-order chi connectivity index (χ0) is 21.3. The Morgan fingerprint density at radius 3 is 2.37 bits per heavy atom. The average Bonchev–Trinajstić information content (AvgIpc) is 3.07. The molecular formula is C25H31N3O2. The summed E-state index contributed by atoms with van der Waals surface area (Å²) in [6.45, 7) is 10.4. The summed E-state index contributed by atoms with van der Waals surface area (Å²) in [6.07, 6.45) is 0.187. The number of hydrogen-bond acceptors (Lipinski definition) is 3. The van der Waals surface area contributed by atoms with Crippen LogP contribution in [0, 0.1) is 6.92 Å². The first kappa shape index (κ1) is 20.5. The molecule has 0 bridgehead atoms. The standard InChI is InChI=1S/C25H31N3O2/c1-18(2)30-21-10-8-20(9-11-21)17-27-12-14-28(15-13-27)25(29)24-16-22-19(3)6-5-7-23(22)26(24)4/h5-11,16,18H,12-15,17H2,1-4H3. The van der Waals surface area contributed by atoms with Crippen molar-refractivity contribution in [1.29, 1.82) is 0 Å². The number of carbonyl (C=O) groups is 1. The zero-order valence-corrected chi connectivity index (χ0v) is 18.4. The van der Waals surface area contributed by atoms with Crippen molar-refractivity contribution in [3.63, 3.8) is 0 Å². The molecule has 2 heterocycles. The van der Waals surface area contributed by atoms with Crippen molar-refractivity contribution in [2.45, 2.75) is 33.4 Å². The van der Waals surface area contributed by atoms with Crippen LogP contribution in [-0.4, -0.2) is 52.6 Å². The van der Waals surface area contributed by atoms with Gasteiger partial charge in [0.1, 0.15) is 11.4 Å². The molecule has 4 rings (SSSR count). The molecule has 5 heteroatoms. The molecule has 0 N–H and O–H groups in total. The fourth-order valence-electron chi connectivity index (χ4n) is 4.19. The van der Waals surface area contributed by atoms with Gasteiger partial charge in [-0.2, -0.15) is 0 Å². The first-order chi connectivity index (χ1) is 14.4. The van der Waals surface area contributed by atoms with Crippen molar-refractivity contribution in [3.8, 4) is 5.75 Å². The Hall–Kier alpha value is -2.79. The molecule has 0 atom stereocenters. The molecule has 3 aromatic rings. The Kier molecular flexibility index (Phi) is 5.82. The minimum Gasteiger partial charge on any atom is -0.491 e. The van der Waals surface area contributed by atoms with Crippen LogP contribution in [0.1, 0.15) is 35.5 Å². The van der Waals surface area contributed by atoms with Crippen LogP contribution in [0.4, 0.5) is 0 Å². The molecule has 0 unspecified atom stereocenters. The molecule has 0 radical (unpaired) electrons. The van der Waals surface area contributed by atoms with Crippen LogP contribution in [-0.2, 0) is 13.6 Å². The quantitative estimate of drug-likeness (QED) is 0.637. The van der Waals surface area contributed by atoms with Gasteiger partial charge in [0.15, 0.2) is 0 Å². The van der Waals surface area contributed by atoms with Crippen molar-refractivity contribution in [1.82, 2.24) is 14.4 Å². The third kappa shape index (κ3) is 4.21. The summed E-state index contributed by atoms with van der Waals surface area (Å²) >= 11 is 0. The van der Waals surface area contributed by atoms with E-state index in [1.807, 2.05) is 54.6 Å². The summed E-state index contributed by atoms with van der Waals surface area (Å²) < 4.78 is 7.75. The van der Waals surface area contributed by atoms with Crippen molar-refractivity contribution >= 4 is 16.8 Å². The van der Waals surface area contributed by atoms with Gasteiger partial charge in [-0.3, -0.25) is 9.69 Å². The van der Waals surface area contributed by atoms with Gasteiger partial charge in [0.25, 0.3) is 5.91 Å². The Bertz CT molecular complexity index is 1030. The molecule has 1 fully saturated rings.